The number of hydrogen-bond donors (Lipinski definition) is 0. The molecule has 1 saturated carbocycles. The van der Waals surface area contributed by atoms with Gasteiger partial charge in [-0.3, -0.25) is 4.90 Å². The van der Waals surface area contributed by atoms with E-state index in [0.29, 0.717) is 0 Å². The summed E-state index contributed by atoms with van der Waals surface area (Å²) in [5, 5.41) is 1.19. The van der Waals surface area contributed by atoms with Crippen molar-refractivity contribution in [1.29, 1.82) is 0 Å². The predicted molar refractivity (Wildman–Crippen MR) is 299 cm³/mol. The van der Waals surface area contributed by atoms with Crippen molar-refractivity contribution in [2.45, 2.75) is 136 Å². The van der Waals surface area contributed by atoms with Crippen LogP contribution in [0.1, 0.15) is 130 Å². The molecule has 4 nitrogen and oxygen atoms in total. The Hall–Kier alpha value is -6.46. The summed E-state index contributed by atoms with van der Waals surface area (Å²) in [6.07, 6.45) is 4.77. The van der Waals surface area contributed by atoms with Crippen LogP contribution in [-0.2, 0) is 21.7 Å². The van der Waals surface area contributed by atoms with Crippen LogP contribution in [0.3, 0.4) is 0 Å². The second kappa shape index (κ2) is 15.3. The number of rotatable bonds is 4. The molecule has 3 aliphatic heterocycles. The summed E-state index contributed by atoms with van der Waals surface area (Å²) in [6, 6.07) is 56.1. The lowest BCUT2D eigenvalue weighted by Crippen LogP contribution is -2.61. The molecule has 2 unspecified atom stereocenters. The van der Waals surface area contributed by atoms with E-state index < -0.39 is 0 Å². The smallest absolute Gasteiger partial charge is 0.257 e. The van der Waals surface area contributed by atoms with Gasteiger partial charge in [-0.2, -0.15) is 0 Å². The number of anilines is 8. The molecule has 7 aromatic carbocycles. The van der Waals surface area contributed by atoms with Crippen molar-refractivity contribution < 1.29 is 4.42 Å². The number of aryl methyl sites for hydroxylation is 1. The Morgan fingerprint density at radius 1 is 0.500 bits per heavy atom. The Bertz CT molecular complexity index is 3380. The summed E-state index contributed by atoms with van der Waals surface area (Å²) < 4.78 is 7.26. The molecule has 1 aliphatic carbocycles. The Morgan fingerprint density at radius 2 is 1.09 bits per heavy atom. The maximum Gasteiger partial charge on any atom is 0.257 e. The molecule has 5 heteroatoms. The number of furan rings is 1. The average Bonchev–Trinajstić information content (AvgIpc) is 3.80. The normalized spacial score (nSPS) is 19.5. The molecule has 0 spiro atoms. The highest BCUT2D eigenvalue weighted by molar-refractivity contribution is 7.01. The predicted octanol–water partition coefficient (Wildman–Crippen LogP) is 16.1. The summed E-state index contributed by atoms with van der Waals surface area (Å²) in [6.45, 7) is 28.0. The molecule has 4 aliphatic rings. The fourth-order valence-electron chi connectivity index (χ4n) is 12.9. The molecule has 0 saturated heterocycles. The summed E-state index contributed by atoms with van der Waals surface area (Å²) in [5.41, 5.74) is 22.3. The van der Waals surface area contributed by atoms with Gasteiger partial charge in [0.25, 0.3) is 6.71 Å². The SMILES string of the molecule is Cc1cc2c3c(c1)N(c1ccc(C(C)(C)C)cc1)c1oc4ccc(C(C)(C)C)cc4c1B3c1ccc(N3c4ccc(-c5ccccc5)cc4C4(C)CCCCC34C)cc1N2c1ccc(C(C)(C)C)cc1. The van der Waals surface area contributed by atoms with Gasteiger partial charge < -0.3 is 14.2 Å². The third-order valence-electron chi connectivity index (χ3n) is 17.1. The minimum Gasteiger partial charge on any atom is -0.440 e. The van der Waals surface area contributed by atoms with E-state index in [-0.39, 0.29) is 33.9 Å². The second-order valence-corrected chi connectivity index (χ2v) is 24.7. The number of benzene rings is 7. The molecule has 12 rings (SSSR count). The van der Waals surface area contributed by atoms with E-state index in [2.05, 4.69) is 243 Å². The molecule has 70 heavy (non-hydrogen) atoms. The van der Waals surface area contributed by atoms with Crippen molar-refractivity contribution >= 4 is 79.8 Å². The molecule has 8 aromatic rings. The molecule has 4 heterocycles. The van der Waals surface area contributed by atoms with Crippen molar-refractivity contribution in [2.24, 2.45) is 0 Å². The van der Waals surface area contributed by atoms with Crippen molar-refractivity contribution in [2.75, 3.05) is 14.7 Å². The zero-order valence-corrected chi connectivity index (χ0v) is 43.5. The van der Waals surface area contributed by atoms with Gasteiger partial charge in [0.1, 0.15) is 5.58 Å². The first kappa shape index (κ1) is 44.7. The average molecular weight is 918 g/mol. The van der Waals surface area contributed by atoms with Gasteiger partial charge in [-0.1, -0.05) is 155 Å². The molecule has 352 valence electrons. The number of fused-ring (bicyclic) bond motifs is 9. The van der Waals surface area contributed by atoms with E-state index in [0.717, 1.165) is 23.6 Å². The largest absolute Gasteiger partial charge is 0.440 e. The van der Waals surface area contributed by atoms with Gasteiger partial charge in [-0.25, -0.2) is 0 Å². The Kier molecular flexibility index (Phi) is 9.76. The summed E-state index contributed by atoms with van der Waals surface area (Å²) in [5.74, 6) is 0.907. The quantitative estimate of drug-likeness (QED) is 0.164. The molecule has 0 N–H and O–H groups in total. The lowest BCUT2D eigenvalue weighted by molar-refractivity contribution is 0.195. The summed E-state index contributed by atoms with van der Waals surface area (Å²) >= 11 is 0. The topological polar surface area (TPSA) is 22.9 Å². The Morgan fingerprint density at radius 3 is 1.73 bits per heavy atom. The standard InChI is InChI=1S/C65H68BN3O/c1-41-36-55-59-56(37-41)68(48-28-23-45(24-29-48)62(5,6)7)60-58(50-39-46(63(8,9)10)25-33-57(50)70-60)66(59)52-31-30-49(40-54(52)67(55)47-26-21-44(22-27-47)61(2,3)4)69-53-32-20-43(42-18-14-13-15-19-42)38-51(53)64(11)34-16-17-35-65(64,69)12/h13-15,18-33,36-40H,16-17,34-35H2,1-12H3. The van der Waals surface area contributed by atoms with E-state index in [1.165, 1.54) is 114 Å². The van der Waals surface area contributed by atoms with Crippen LogP contribution in [-0.4, -0.2) is 12.3 Å². The van der Waals surface area contributed by atoms with Gasteiger partial charge in [0, 0.05) is 56.1 Å². The van der Waals surface area contributed by atoms with Crippen molar-refractivity contribution in [1.82, 2.24) is 0 Å². The van der Waals surface area contributed by atoms with E-state index in [9.17, 15) is 0 Å². The Labute approximate surface area is 417 Å². The fourth-order valence-corrected chi connectivity index (χ4v) is 12.9. The fraction of sp³-hybridized carbons (Fsp3) is 0.323. The molecule has 1 fully saturated rings. The molecule has 0 bridgehead atoms. The van der Waals surface area contributed by atoms with Crippen LogP contribution in [0.2, 0.25) is 0 Å². The lowest BCUT2D eigenvalue weighted by Gasteiger charge is -2.50. The van der Waals surface area contributed by atoms with Gasteiger partial charge in [0.2, 0.25) is 5.88 Å². The van der Waals surface area contributed by atoms with Crippen LogP contribution in [0.5, 0.6) is 0 Å². The summed E-state index contributed by atoms with van der Waals surface area (Å²) in [7, 11) is 0. The van der Waals surface area contributed by atoms with Crippen LogP contribution in [0, 0.1) is 6.92 Å². The first-order chi connectivity index (χ1) is 33.2. The molecule has 0 amide bonds. The molecule has 2 atom stereocenters. The maximum absolute atomic E-state index is 7.26. The summed E-state index contributed by atoms with van der Waals surface area (Å²) in [4.78, 5) is 7.78. The monoisotopic (exact) mass is 918 g/mol. The van der Waals surface area contributed by atoms with Gasteiger partial charge >= 0.3 is 0 Å². The molecule has 1 aromatic heterocycles. The van der Waals surface area contributed by atoms with Gasteiger partial charge in [0.15, 0.2) is 0 Å². The van der Waals surface area contributed by atoms with Crippen LogP contribution in [0.15, 0.2) is 150 Å². The Balaban J connectivity index is 1.13. The zero-order chi connectivity index (χ0) is 48.9. The first-order valence-corrected chi connectivity index (χ1v) is 25.9. The minimum absolute atomic E-state index is 0.0182. The third kappa shape index (κ3) is 6.62. The third-order valence-corrected chi connectivity index (χ3v) is 17.1. The van der Waals surface area contributed by atoms with E-state index in [1.54, 1.807) is 0 Å². The lowest BCUT2D eigenvalue weighted by atomic mass is 9.33. The van der Waals surface area contributed by atoms with Gasteiger partial charge in [-0.05, 0) is 166 Å². The highest BCUT2D eigenvalue weighted by atomic mass is 16.4. The van der Waals surface area contributed by atoms with Crippen molar-refractivity contribution in [3.8, 4) is 11.1 Å². The number of nitrogens with zero attached hydrogens (tertiary/aromatic N) is 3. The first-order valence-electron chi connectivity index (χ1n) is 25.9. The highest BCUT2D eigenvalue weighted by Crippen LogP contribution is 2.62. The van der Waals surface area contributed by atoms with E-state index in [1.807, 2.05) is 0 Å². The van der Waals surface area contributed by atoms with Crippen LogP contribution in [0.4, 0.5) is 45.7 Å². The maximum atomic E-state index is 7.26. The van der Waals surface area contributed by atoms with Gasteiger partial charge in [0.05, 0.1) is 5.54 Å². The number of hydrogen-bond acceptors (Lipinski definition) is 4. The molecular formula is C65H68BN3O. The van der Waals surface area contributed by atoms with Gasteiger partial charge in [-0.15, -0.1) is 0 Å². The minimum atomic E-state index is -0.113. The van der Waals surface area contributed by atoms with Crippen LogP contribution >= 0.6 is 0 Å². The van der Waals surface area contributed by atoms with E-state index in [4.69, 9.17) is 4.42 Å². The molecular weight excluding hydrogens is 850 g/mol. The molecule has 0 radical (unpaired) electrons. The van der Waals surface area contributed by atoms with E-state index >= 15 is 0 Å². The van der Waals surface area contributed by atoms with Crippen LogP contribution in [0.25, 0.3) is 22.1 Å². The zero-order valence-electron chi connectivity index (χ0n) is 43.5. The van der Waals surface area contributed by atoms with Crippen LogP contribution < -0.4 is 31.1 Å². The van der Waals surface area contributed by atoms with Crippen molar-refractivity contribution in [3.05, 3.63) is 173 Å². The highest BCUT2D eigenvalue weighted by Gasteiger charge is 2.58. The second-order valence-electron chi connectivity index (χ2n) is 24.7. The van der Waals surface area contributed by atoms with Crippen molar-refractivity contribution in [3.63, 3.8) is 0 Å².